The predicted octanol–water partition coefficient (Wildman–Crippen LogP) is 6.21. The maximum absolute atomic E-state index is 13.8. The summed E-state index contributed by atoms with van der Waals surface area (Å²) in [6, 6.07) is 15.5. The minimum atomic E-state index is -0.731. The van der Waals surface area contributed by atoms with Gasteiger partial charge in [0, 0.05) is 6.20 Å². The van der Waals surface area contributed by atoms with Crippen LogP contribution in [0.2, 0.25) is 0 Å². The highest BCUT2D eigenvalue weighted by Gasteiger charge is 2.45. The monoisotopic (exact) mass is 498 g/mol. The van der Waals surface area contributed by atoms with Crippen molar-refractivity contribution in [2.24, 2.45) is 0 Å². The van der Waals surface area contributed by atoms with Gasteiger partial charge in [-0.3, -0.25) is 14.5 Å². The summed E-state index contributed by atoms with van der Waals surface area (Å²) in [7, 11) is 0. The average Bonchev–Trinajstić information content (AvgIpc) is 3.20. The molecule has 1 unspecified atom stereocenters. The number of amides is 1. The lowest BCUT2D eigenvalue weighted by molar-refractivity contribution is 0.0970. The van der Waals surface area contributed by atoms with Crippen LogP contribution in [0.3, 0.4) is 0 Å². The molecule has 0 aliphatic carbocycles. The zero-order valence-corrected chi connectivity index (χ0v) is 21.3. The van der Waals surface area contributed by atoms with Crippen molar-refractivity contribution in [3.63, 3.8) is 0 Å². The van der Waals surface area contributed by atoms with Crippen molar-refractivity contribution in [1.82, 2.24) is 4.98 Å². The number of nitrogens with zero attached hydrogens (tertiary/aromatic N) is 2. The zero-order valence-electron chi connectivity index (χ0n) is 21.3. The summed E-state index contributed by atoms with van der Waals surface area (Å²) >= 11 is 0. The van der Waals surface area contributed by atoms with Gasteiger partial charge >= 0.3 is 0 Å². The Morgan fingerprint density at radius 1 is 0.973 bits per heavy atom. The number of hydrogen-bond acceptors (Lipinski definition) is 6. The number of ether oxygens (including phenoxy) is 2. The molecule has 1 amide bonds. The lowest BCUT2D eigenvalue weighted by Gasteiger charge is -2.26. The minimum absolute atomic E-state index is 0.0385. The molecule has 0 saturated carbocycles. The second kappa shape index (κ2) is 10.5. The van der Waals surface area contributed by atoms with Crippen LogP contribution in [-0.4, -0.2) is 24.1 Å². The molecule has 2 aromatic carbocycles. The van der Waals surface area contributed by atoms with Gasteiger partial charge < -0.3 is 13.9 Å². The van der Waals surface area contributed by atoms with E-state index in [1.165, 1.54) is 0 Å². The van der Waals surface area contributed by atoms with Crippen molar-refractivity contribution in [3.05, 3.63) is 93.5 Å². The van der Waals surface area contributed by atoms with E-state index >= 15 is 0 Å². The Balaban J connectivity index is 1.68. The molecule has 3 heterocycles. The molecule has 1 atom stereocenters. The quantitative estimate of drug-likeness (QED) is 0.255. The molecule has 0 N–H and O–H groups in total. The molecule has 2 aromatic heterocycles. The van der Waals surface area contributed by atoms with Gasteiger partial charge in [-0.05, 0) is 61.7 Å². The summed E-state index contributed by atoms with van der Waals surface area (Å²) in [6.45, 7) is 6.99. The number of carbonyl (C=O) groups excluding carboxylic acids is 1. The van der Waals surface area contributed by atoms with E-state index in [-0.39, 0.29) is 11.2 Å². The van der Waals surface area contributed by atoms with Gasteiger partial charge in [0.05, 0.1) is 30.2 Å². The van der Waals surface area contributed by atoms with Crippen molar-refractivity contribution in [2.75, 3.05) is 18.1 Å². The Labute approximate surface area is 215 Å². The first-order chi connectivity index (χ1) is 18.0. The molecule has 7 nitrogen and oxygen atoms in total. The van der Waals surface area contributed by atoms with E-state index < -0.39 is 11.9 Å². The van der Waals surface area contributed by atoms with Crippen molar-refractivity contribution < 1.29 is 18.7 Å². The number of fused-ring (bicyclic) bond motifs is 2. The van der Waals surface area contributed by atoms with Gasteiger partial charge in [0.25, 0.3) is 5.91 Å². The first-order valence-corrected chi connectivity index (χ1v) is 12.8. The third-order valence-corrected chi connectivity index (χ3v) is 6.58. The van der Waals surface area contributed by atoms with E-state index in [1.807, 2.05) is 44.2 Å². The van der Waals surface area contributed by atoms with Crippen LogP contribution < -0.4 is 19.8 Å². The molecule has 1 aliphatic heterocycles. The van der Waals surface area contributed by atoms with Crippen molar-refractivity contribution in [1.29, 1.82) is 0 Å². The number of rotatable bonds is 9. The Hall–Kier alpha value is -4.13. The van der Waals surface area contributed by atoms with Crippen LogP contribution in [0.4, 0.5) is 5.82 Å². The van der Waals surface area contributed by atoms with Gasteiger partial charge in [-0.15, -0.1) is 0 Å². The fourth-order valence-corrected chi connectivity index (χ4v) is 4.80. The molecule has 0 radical (unpaired) electrons. The average molecular weight is 499 g/mol. The van der Waals surface area contributed by atoms with Crippen molar-refractivity contribution in [3.8, 4) is 11.5 Å². The van der Waals surface area contributed by atoms with Crippen LogP contribution in [0.15, 0.2) is 70.0 Å². The van der Waals surface area contributed by atoms with Gasteiger partial charge in [-0.25, -0.2) is 4.98 Å². The van der Waals surface area contributed by atoms with Crippen LogP contribution in [-0.2, 0) is 0 Å². The van der Waals surface area contributed by atoms with E-state index in [0.717, 1.165) is 24.8 Å². The van der Waals surface area contributed by atoms with Crippen LogP contribution in [0.1, 0.15) is 66.4 Å². The van der Waals surface area contributed by atoms with E-state index in [4.69, 9.17) is 13.9 Å². The molecule has 190 valence electrons. The van der Waals surface area contributed by atoms with E-state index in [9.17, 15) is 9.59 Å². The molecule has 1 aliphatic rings. The maximum atomic E-state index is 13.8. The molecule has 0 fully saturated rings. The standard InChI is InChI=1S/C30H30N2O5/c1-4-6-9-17-36-23-15-14-20(18-24(23)35-5-2)26-25-27(33)21-12-7-8-13-22(21)37-28(25)30(34)32(26)29-19(3)11-10-16-31-29/h7-8,10-16,18,26H,4-6,9,17H2,1-3H3. The fourth-order valence-electron chi connectivity index (χ4n) is 4.80. The molecule has 4 aromatic rings. The van der Waals surface area contributed by atoms with Crippen LogP contribution in [0, 0.1) is 6.92 Å². The molecule has 0 bridgehead atoms. The maximum Gasteiger partial charge on any atom is 0.296 e. The Bertz CT molecular complexity index is 1510. The first-order valence-electron chi connectivity index (χ1n) is 12.8. The highest BCUT2D eigenvalue weighted by molar-refractivity contribution is 6.10. The third-order valence-electron chi connectivity index (χ3n) is 6.58. The van der Waals surface area contributed by atoms with Crippen LogP contribution in [0.25, 0.3) is 11.0 Å². The lowest BCUT2D eigenvalue weighted by atomic mass is 9.98. The van der Waals surface area contributed by atoms with Gasteiger partial charge in [0.15, 0.2) is 16.9 Å². The first kappa shape index (κ1) is 24.6. The smallest absolute Gasteiger partial charge is 0.296 e. The lowest BCUT2D eigenvalue weighted by Crippen LogP contribution is -2.31. The summed E-state index contributed by atoms with van der Waals surface area (Å²) in [5.41, 5.74) is 1.97. The van der Waals surface area contributed by atoms with Gasteiger partial charge in [0.2, 0.25) is 5.76 Å². The summed E-state index contributed by atoms with van der Waals surface area (Å²) in [5.74, 6) is 1.32. The summed E-state index contributed by atoms with van der Waals surface area (Å²) in [4.78, 5) is 33.6. The molecular weight excluding hydrogens is 468 g/mol. The SMILES string of the molecule is CCCCCOc1ccc(C2c3c(oc4ccccc4c3=O)C(=O)N2c2ncccc2C)cc1OCC. The second-order valence-corrected chi connectivity index (χ2v) is 9.09. The highest BCUT2D eigenvalue weighted by Crippen LogP contribution is 2.43. The van der Waals surface area contributed by atoms with Gasteiger partial charge in [-0.2, -0.15) is 0 Å². The second-order valence-electron chi connectivity index (χ2n) is 9.09. The molecule has 37 heavy (non-hydrogen) atoms. The number of pyridine rings is 1. The van der Waals surface area contributed by atoms with E-state index in [0.29, 0.717) is 52.6 Å². The predicted molar refractivity (Wildman–Crippen MR) is 143 cm³/mol. The number of anilines is 1. The fraction of sp³-hybridized carbons (Fsp3) is 0.300. The number of hydrogen-bond donors (Lipinski definition) is 0. The number of benzene rings is 2. The Kier molecular flexibility index (Phi) is 6.95. The number of unbranched alkanes of at least 4 members (excludes halogenated alkanes) is 2. The number of carbonyl (C=O) groups is 1. The Morgan fingerprint density at radius 3 is 2.59 bits per heavy atom. The summed E-state index contributed by atoms with van der Waals surface area (Å²) in [6.07, 6.45) is 4.79. The van der Waals surface area contributed by atoms with Gasteiger partial charge in [-0.1, -0.05) is 44.0 Å². The summed E-state index contributed by atoms with van der Waals surface area (Å²) < 4.78 is 18.0. The third kappa shape index (κ3) is 4.46. The molecular formula is C30H30N2O5. The number of aryl methyl sites for hydroxylation is 1. The van der Waals surface area contributed by atoms with Crippen molar-refractivity contribution in [2.45, 2.75) is 46.1 Å². The van der Waals surface area contributed by atoms with Gasteiger partial charge in [0.1, 0.15) is 11.4 Å². The zero-order chi connectivity index (χ0) is 25.9. The van der Waals surface area contributed by atoms with E-state index in [1.54, 1.807) is 35.4 Å². The molecule has 7 heteroatoms. The van der Waals surface area contributed by atoms with Crippen molar-refractivity contribution >= 4 is 22.7 Å². The van der Waals surface area contributed by atoms with Crippen LogP contribution >= 0.6 is 0 Å². The molecule has 0 spiro atoms. The highest BCUT2D eigenvalue weighted by atomic mass is 16.5. The van der Waals surface area contributed by atoms with E-state index in [2.05, 4.69) is 11.9 Å². The number of para-hydroxylation sites is 1. The topological polar surface area (TPSA) is 81.9 Å². The normalized spacial score (nSPS) is 14.7. The molecule has 5 rings (SSSR count). The van der Waals surface area contributed by atoms with Crippen LogP contribution in [0.5, 0.6) is 11.5 Å². The molecule has 0 saturated heterocycles. The Morgan fingerprint density at radius 2 is 1.81 bits per heavy atom. The minimum Gasteiger partial charge on any atom is -0.490 e. The summed E-state index contributed by atoms with van der Waals surface area (Å²) in [5, 5.41) is 0.430. The largest absolute Gasteiger partial charge is 0.490 e. The number of aromatic nitrogens is 1.